The second kappa shape index (κ2) is 3.33. The van der Waals surface area contributed by atoms with Crippen LogP contribution >= 0.6 is 0 Å². The lowest BCUT2D eigenvalue weighted by Crippen LogP contribution is -2.12. The molecule has 2 rings (SSSR count). The van der Waals surface area contributed by atoms with E-state index in [0.717, 1.165) is 5.69 Å². The molecule has 0 bridgehead atoms. The zero-order valence-electron chi connectivity index (χ0n) is 7.34. The molecule has 0 spiro atoms. The molecule has 14 heavy (non-hydrogen) atoms. The first-order valence-electron chi connectivity index (χ1n) is 4.09. The molecule has 0 saturated carbocycles. The van der Waals surface area contributed by atoms with E-state index in [-0.39, 0.29) is 5.69 Å². The van der Waals surface area contributed by atoms with Gasteiger partial charge >= 0.3 is 0 Å². The topological polar surface area (TPSA) is 60.9 Å². The SMILES string of the molecule is NC(=O)c1ccn(-c2c[c]ccc2)n1. The summed E-state index contributed by atoms with van der Waals surface area (Å²) < 4.78 is 1.58. The number of amides is 1. The standard InChI is InChI=1S/C10H8N3O/c11-10(14)9-6-7-13(12-9)8-4-2-1-3-5-8/h1-2,4-7H,(H2,11,14). The maximum Gasteiger partial charge on any atom is 0.269 e. The van der Waals surface area contributed by atoms with Gasteiger partial charge in [-0.15, -0.1) is 0 Å². The molecule has 2 aromatic rings. The summed E-state index contributed by atoms with van der Waals surface area (Å²) >= 11 is 0. The van der Waals surface area contributed by atoms with Gasteiger partial charge in [0.2, 0.25) is 0 Å². The molecular formula is C10H8N3O. The molecule has 0 atom stereocenters. The Morgan fingerprint density at radius 3 is 2.93 bits per heavy atom. The maximum atomic E-state index is 10.8. The molecule has 69 valence electrons. The first kappa shape index (κ1) is 8.50. The third-order valence-corrected chi connectivity index (χ3v) is 1.80. The molecule has 1 amide bonds. The van der Waals surface area contributed by atoms with E-state index < -0.39 is 5.91 Å². The highest BCUT2D eigenvalue weighted by molar-refractivity contribution is 5.90. The first-order valence-corrected chi connectivity index (χ1v) is 4.09. The van der Waals surface area contributed by atoms with Gasteiger partial charge in [0.1, 0.15) is 5.69 Å². The molecule has 1 aromatic carbocycles. The molecule has 2 N–H and O–H groups in total. The van der Waals surface area contributed by atoms with Crippen LogP contribution in [0.2, 0.25) is 0 Å². The van der Waals surface area contributed by atoms with E-state index in [9.17, 15) is 4.79 Å². The van der Waals surface area contributed by atoms with Crippen molar-refractivity contribution >= 4 is 5.91 Å². The van der Waals surface area contributed by atoms with E-state index in [2.05, 4.69) is 11.2 Å². The van der Waals surface area contributed by atoms with Gasteiger partial charge in [-0.1, -0.05) is 12.1 Å². The van der Waals surface area contributed by atoms with Crippen LogP contribution in [0.15, 0.2) is 36.5 Å². The number of benzene rings is 1. The smallest absolute Gasteiger partial charge is 0.269 e. The molecule has 0 aliphatic rings. The van der Waals surface area contributed by atoms with Crippen molar-refractivity contribution in [2.24, 2.45) is 5.73 Å². The predicted octanol–water partition coefficient (Wildman–Crippen LogP) is 0.771. The molecule has 4 nitrogen and oxygen atoms in total. The van der Waals surface area contributed by atoms with E-state index >= 15 is 0 Å². The molecular weight excluding hydrogens is 178 g/mol. The number of carbonyl (C=O) groups excluding carboxylic acids is 1. The number of hydrogen-bond acceptors (Lipinski definition) is 2. The molecule has 0 saturated heterocycles. The average molecular weight is 186 g/mol. The second-order valence-electron chi connectivity index (χ2n) is 2.77. The highest BCUT2D eigenvalue weighted by Crippen LogP contribution is 2.05. The number of nitrogens with two attached hydrogens (primary N) is 1. The van der Waals surface area contributed by atoms with Gasteiger partial charge in [0.15, 0.2) is 0 Å². The van der Waals surface area contributed by atoms with Crippen LogP contribution in [0.3, 0.4) is 0 Å². The number of carbonyl (C=O) groups is 1. The van der Waals surface area contributed by atoms with Crippen LogP contribution in [0.5, 0.6) is 0 Å². The Hall–Kier alpha value is -2.10. The van der Waals surface area contributed by atoms with Gasteiger partial charge in [-0.2, -0.15) is 5.10 Å². The van der Waals surface area contributed by atoms with E-state index in [1.807, 2.05) is 12.1 Å². The highest BCUT2D eigenvalue weighted by Gasteiger charge is 2.04. The summed E-state index contributed by atoms with van der Waals surface area (Å²) in [6.07, 6.45) is 1.68. The van der Waals surface area contributed by atoms with Crippen molar-refractivity contribution < 1.29 is 4.79 Å². The number of rotatable bonds is 2. The fraction of sp³-hybridized carbons (Fsp3) is 0. The Bertz CT molecular complexity index is 447. The number of primary amides is 1. The number of hydrogen-bond donors (Lipinski definition) is 1. The molecule has 1 heterocycles. The van der Waals surface area contributed by atoms with Crippen LogP contribution in [0.25, 0.3) is 5.69 Å². The summed E-state index contributed by atoms with van der Waals surface area (Å²) in [7, 11) is 0. The molecule has 0 aliphatic heterocycles. The van der Waals surface area contributed by atoms with Crippen molar-refractivity contribution in [3.8, 4) is 5.69 Å². The Kier molecular flexibility index (Phi) is 2.02. The van der Waals surface area contributed by atoms with Crippen molar-refractivity contribution in [2.75, 3.05) is 0 Å². The van der Waals surface area contributed by atoms with Gasteiger partial charge in [-0.05, 0) is 24.3 Å². The van der Waals surface area contributed by atoms with E-state index in [0.29, 0.717) is 0 Å². The van der Waals surface area contributed by atoms with Gasteiger partial charge in [0, 0.05) is 6.20 Å². The van der Waals surface area contributed by atoms with E-state index in [4.69, 9.17) is 5.73 Å². The first-order chi connectivity index (χ1) is 6.77. The van der Waals surface area contributed by atoms with Crippen LogP contribution in [-0.4, -0.2) is 15.7 Å². The molecule has 0 fully saturated rings. The summed E-state index contributed by atoms with van der Waals surface area (Å²) in [6.45, 7) is 0. The van der Waals surface area contributed by atoms with Gasteiger partial charge in [0.05, 0.1) is 5.69 Å². The highest BCUT2D eigenvalue weighted by atomic mass is 16.1. The maximum absolute atomic E-state index is 10.8. The number of aromatic nitrogens is 2. The van der Waals surface area contributed by atoms with Crippen molar-refractivity contribution in [3.63, 3.8) is 0 Å². The lowest BCUT2D eigenvalue weighted by Gasteiger charge is -1.98. The van der Waals surface area contributed by atoms with Crippen LogP contribution in [0.4, 0.5) is 0 Å². The van der Waals surface area contributed by atoms with Gasteiger partial charge in [-0.25, -0.2) is 4.68 Å². The fourth-order valence-electron chi connectivity index (χ4n) is 1.13. The lowest BCUT2D eigenvalue weighted by atomic mass is 10.3. The molecule has 1 aromatic heterocycles. The van der Waals surface area contributed by atoms with Crippen LogP contribution < -0.4 is 5.73 Å². The zero-order chi connectivity index (χ0) is 9.97. The summed E-state index contributed by atoms with van der Waals surface area (Å²) in [4.78, 5) is 10.8. The largest absolute Gasteiger partial charge is 0.364 e. The minimum absolute atomic E-state index is 0.258. The van der Waals surface area contributed by atoms with Crippen LogP contribution in [0, 0.1) is 6.07 Å². The van der Waals surface area contributed by atoms with E-state index in [1.54, 1.807) is 29.1 Å². The molecule has 4 heteroatoms. The summed E-state index contributed by atoms with van der Waals surface area (Å²) in [5.41, 5.74) is 6.19. The average Bonchev–Trinajstić information content (AvgIpc) is 2.68. The Labute approximate surface area is 81.0 Å². The summed E-state index contributed by atoms with van der Waals surface area (Å²) in [5, 5.41) is 4.00. The van der Waals surface area contributed by atoms with Crippen molar-refractivity contribution in [1.29, 1.82) is 0 Å². The van der Waals surface area contributed by atoms with Crippen LogP contribution in [-0.2, 0) is 0 Å². The monoisotopic (exact) mass is 186 g/mol. The fourth-order valence-corrected chi connectivity index (χ4v) is 1.13. The van der Waals surface area contributed by atoms with Gasteiger partial charge in [0.25, 0.3) is 5.91 Å². The summed E-state index contributed by atoms with van der Waals surface area (Å²) in [5.74, 6) is -0.524. The number of nitrogens with zero attached hydrogens (tertiary/aromatic N) is 2. The predicted molar refractivity (Wildman–Crippen MR) is 50.9 cm³/mol. The molecule has 0 unspecified atom stereocenters. The van der Waals surface area contributed by atoms with Gasteiger partial charge < -0.3 is 5.73 Å². The van der Waals surface area contributed by atoms with Crippen molar-refractivity contribution in [2.45, 2.75) is 0 Å². The Balaban J connectivity index is 2.39. The zero-order valence-corrected chi connectivity index (χ0v) is 7.34. The normalized spacial score (nSPS) is 10.0. The van der Waals surface area contributed by atoms with Crippen LogP contribution in [0.1, 0.15) is 10.5 Å². The lowest BCUT2D eigenvalue weighted by molar-refractivity contribution is 0.0995. The van der Waals surface area contributed by atoms with Crippen molar-refractivity contribution in [3.05, 3.63) is 48.3 Å². The van der Waals surface area contributed by atoms with Gasteiger partial charge in [-0.3, -0.25) is 4.79 Å². The third kappa shape index (κ3) is 1.50. The molecule has 1 radical (unpaired) electrons. The van der Waals surface area contributed by atoms with E-state index in [1.165, 1.54) is 0 Å². The summed E-state index contributed by atoms with van der Waals surface area (Å²) in [6, 6.07) is 11.8. The minimum Gasteiger partial charge on any atom is -0.364 e. The Morgan fingerprint density at radius 2 is 2.36 bits per heavy atom. The Morgan fingerprint density at radius 1 is 1.50 bits per heavy atom. The third-order valence-electron chi connectivity index (χ3n) is 1.80. The minimum atomic E-state index is -0.524. The molecule has 0 aliphatic carbocycles. The second-order valence-corrected chi connectivity index (χ2v) is 2.77. The quantitative estimate of drug-likeness (QED) is 0.753. The van der Waals surface area contributed by atoms with Crippen molar-refractivity contribution in [1.82, 2.24) is 9.78 Å².